The van der Waals surface area contributed by atoms with Crippen molar-refractivity contribution in [3.63, 3.8) is 0 Å². The first-order valence-electron chi connectivity index (χ1n) is 6.56. The van der Waals surface area contributed by atoms with Crippen molar-refractivity contribution in [2.24, 2.45) is 0 Å². The molecule has 1 aromatic rings. The smallest absolute Gasteiger partial charge is 0.318 e. The van der Waals surface area contributed by atoms with Gasteiger partial charge >= 0.3 is 6.03 Å². The number of rotatable bonds is 2. The Kier molecular flexibility index (Phi) is 3.29. The molecule has 96 valence electrons. The average molecular weight is 309 g/mol. The Morgan fingerprint density at radius 2 is 1.94 bits per heavy atom. The van der Waals surface area contributed by atoms with Crippen LogP contribution in [0.2, 0.25) is 0 Å². The Labute approximate surface area is 116 Å². The maximum Gasteiger partial charge on any atom is 0.318 e. The molecule has 2 fully saturated rings. The van der Waals surface area contributed by atoms with Crippen molar-refractivity contribution >= 4 is 22.0 Å². The van der Waals surface area contributed by atoms with Gasteiger partial charge < -0.3 is 10.2 Å². The molecule has 1 saturated carbocycles. The molecule has 0 spiro atoms. The number of likely N-dealkylation sites (tertiary alicyclic amines) is 1. The number of benzene rings is 1. The third kappa shape index (κ3) is 2.53. The largest absolute Gasteiger partial charge is 0.335 e. The van der Waals surface area contributed by atoms with Crippen molar-refractivity contribution in [1.82, 2.24) is 10.2 Å². The van der Waals surface area contributed by atoms with Crippen LogP contribution in [-0.4, -0.2) is 23.5 Å². The van der Waals surface area contributed by atoms with Gasteiger partial charge in [-0.15, -0.1) is 0 Å². The highest BCUT2D eigenvalue weighted by atomic mass is 79.9. The monoisotopic (exact) mass is 308 g/mol. The summed E-state index contributed by atoms with van der Waals surface area (Å²) in [4.78, 5) is 14.1. The highest BCUT2D eigenvalue weighted by molar-refractivity contribution is 9.10. The molecule has 3 rings (SSSR count). The van der Waals surface area contributed by atoms with E-state index in [-0.39, 0.29) is 12.1 Å². The molecule has 2 aliphatic rings. The number of carbonyl (C=O) groups excluding carboxylic acids is 1. The van der Waals surface area contributed by atoms with Gasteiger partial charge in [0.15, 0.2) is 0 Å². The molecule has 4 heteroatoms. The number of halogens is 1. The number of nitrogens with one attached hydrogen (secondary N) is 1. The van der Waals surface area contributed by atoms with Crippen LogP contribution in [0.5, 0.6) is 0 Å². The lowest BCUT2D eigenvalue weighted by molar-refractivity contribution is 0.192. The van der Waals surface area contributed by atoms with Gasteiger partial charge in [-0.25, -0.2) is 4.79 Å². The third-order valence-corrected chi connectivity index (χ3v) is 4.20. The predicted octanol–water partition coefficient (Wildman–Crippen LogP) is 3.46. The molecule has 1 saturated heterocycles. The van der Waals surface area contributed by atoms with E-state index < -0.39 is 0 Å². The van der Waals surface area contributed by atoms with E-state index in [2.05, 4.69) is 33.4 Å². The third-order valence-electron chi connectivity index (χ3n) is 3.67. The zero-order valence-electron chi connectivity index (χ0n) is 10.2. The number of amides is 2. The van der Waals surface area contributed by atoms with Crippen LogP contribution in [0.1, 0.15) is 37.3 Å². The first-order valence-corrected chi connectivity index (χ1v) is 7.36. The molecule has 1 aliphatic carbocycles. The van der Waals surface area contributed by atoms with Crippen molar-refractivity contribution in [3.05, 3.63) is 34.3 Å². The van der Waals surface area contributed by atoms with E-state index in [1.165, 1.54) is 5.56 Å². The Bertz CT molecular complexity index is 442. The first-order chi connectivity index (χ1) is 8.74. The second-order valence-corrected chi connectivity index (χ2v) is 6.04. The van der Waals surface area contributed by atoms with Gasteiger partial charge in [0, 0.05) is 17.1 Å². The molecule has 0 aromatic heterocycles. The van der Waals surface area contributed by atoms with Crippen molar-refractivity contribution in [3.8, 4) is 0 Å². The van der Waals surface area contributed by atoms with Gasteiger partial charge in [0.25, 0.3) is 0 Å². The fraction of sp³-hybridized carbons (Fsp3) is 0.500. The molecule has 0 bridgehead atoms. The predicted molar refractivity (Wildman–Crippen MR) is 74.4 cm³/mol. The zero-order valence-corrected chi connectivity index (χ0v) is 11.8. The highest BCUT2D eigenvalue weighted by Crippen LogP contribution is 2.33. The molecule has 1 unspecified atom stereocenters. The topological polar surface area (TPSA) is 32.3 Å². The van der Waals surface area contributed by atoms with Crippen LogP contribution >= 0.6 is 15.9 Å². The Morgan fingerprint density at radius 3 is 2.61 bits per heavy atom. The van der Waals surface area contributed by atoms with E-state index in [4.69, 9.17) is 0 Å². The molecule has 2 amide bonds. The normalized spacial score (nSPS) is 23.2. The first kappa shape index (κ1) is 12.0. The molecule has 1 aliphatic heterocycles. The molecule has 1 aromatic carbocycles. The molecule has 3 nitrogen and oxygen atoms in total. The van der Waals surface area contributed by atoms with Crippen LogP contribution in [0.4, 0.5) is 4.79 Å². The minimum Gasteiger partial charge on any atom is -0.335 e. The highest BCUT2D eigenvalue weighted by Gasteiger charge is 2.32. The fourth-order valence-electron chi connectivity index (χ4n) is 2.53. The number of carbonyl (C=O) groups is 1. The molecule has 1 N–H and O–H groups in total. The summed E-state index contributed by atoms with van der Waals surface area (Å²) in [5.74, 6) is 0. The van der Waals surface area contributed by atoms with Crippen LogP contribution in [-0.2, 0) is 0 Å². The standard InChI is InChI=1S/C14H17BrN2O/c15-11-5-3-10(4-6-11)13-2-1-9-17(13)14(18)16-12-7-8-12/h3-6,12-13H,1-2,7-9H2,(H,16,18). The maximum absolute atomic E-state index is 12.2. The summed E-state index contributed by atoms with van der Waals surface area (Å²) in [6, 6.07) is 9.10. The summed E-state index contributed by atoms with van der Waals surface area (Å²) in [6.45, 7) is 0.874. The molecular weight excluding hydrogens is 292 g/mol. The minimum atomic E-state index is 0.114. The van der Waals surface area contributed by atoms with Gasteiger partial charge in [-0.3, -0.25) is 0 Å². The summed E-state index contributed by atoms with van der Waals surface area (Å²) in [7, 11) is 0. The quantitative estimate of drug-likeness (QED) is 0.891. The van der Waals surface area contributed by atoms with Gasteiger partial charge in [-0.05, 0) is 43.4 Å². The lowest BCUT2D eigenvalue weighted by atomic mass is 10.1. The van der Waals surface area contributed by atoms with E-state index in [1.54, 1.807) is 0 Å². The van der Waals surface area contributed by atoms with Gasteiger partial charge in [0.1, 0.15) is 0 Å². The second kappa shape index (κ2) is 4.92. The minimum absolute atomic E-state index is 0.114. The molecule has 1 atom stereocenters. The van der Waals surface area contributed by atoms with Gasteiger partial charge in [0.05, 0.1) is 6.04 Å². The number of urea groups is 1. The fourth-order valence-corrected chi connectivity index (χ4v) is 2.79. The van der Waals surface area contributed by atoms with Gasteiger partial charge in [0.2, 0.25) is 0 Å². The van der Waals surface area contributed by atoms with Crippen LogP contribution in [0, 0.1) is 0 Å². The number of hydrogen-bond donors (Lipinski definition) is 1. The summed E-state index contributed by atoms with van der Waals surface area (Å²) in [5, 5.41) is 3.08. The van der Waals surface area contributed by atoms with E-state index in [0.29, 0.717) is 6.04 Å². The molecule has 1 heterocycles. The van der Waals surface area contributed by atoms with Crippen LogP contribution in [0.15, 0.2) is 28.7 Å². The SMILES string of the molecule is O=C(NC1CC1)N1CCCC1c1ccc(Br)cc1. The van der Waals surface area contributed by atoms with Crippen LogP contribution in [0.3, 0.4) is 0 Å². The van der Waals surface area contributed by atoms with Crippen molar-refractivity contribution in [1.29, 1.82) is 0 Å². The maximum atomic E-state index is 12.2. The molecule has 18 heavy (non-hydrogen) atoms. The van der Waals surface area contributed by atoms with E-state index in [1.807, 2.05) is 17.0 Å². The zero-order chi connectivity index (χ0) is 12.5. The number of hydrogen-bond acceptors (Lipinski definition) is 1. The lowest BCUT2D eigenvalue weighted by Gasteiger charge is -2.25. The van der Waals surface area contributed by atoms with E-state index in [9.17, 15) is 4.79 Å². The Balaban J connectivity index is 1.73. The summed E-state index contributed by atoms with van der Waals surface area (Å²) >= 11 is 3.45. The molecule has 0 radical (unpaired) electrons. The van der Waals surface area contributed by atoms with Crippen molar-refractivity contribution in [2.45, 2.75) is 37.8 Å². The Morgan fingerprint density at radius 1 is 1.22 bits per heavy atom. The van der Waals surface area contributed by atoms with E-state index >= 15 is 0 Å². The number of nitrogens with zero attached hydrogens (tertiary/aromatic N) is 1. The average Bonchev–Trinajstić information content (AvgIpc) is 3.04. The van der Waals surface area contributed by atoms with Gasteiger partial charge in [-0.1, -0.05) is 28.1 Å². The summed E-state index contributed by atoms with van der Waals surface area (Å²) < 4.78 is 1.08. The van der Waals surface area contributed by atoms with E-state index in [0.717, 1.165) is 36.7 Å². The molecular formula is C14H17BrN2O. The summed E-state index contributed by atoms with van der Waals surface area (Å²) in [5.41, 5.74) is 1.24. The second-order valence-electron chi connectivity index (χ2n) is 5.13. The van der Waals surface area contributed by atoms with Crippen LogP contribution < -0.4 is 5.32 Å². The van der Waals surface area contributed by atoms with Crippen LogP contribution in [0.25, 0.3) is 0 Å². The van der Waals surface area contributed by atoms with Gasteiger partial charge in [-0.2, -0.15) is 0 Å². The van der Waals surface area contributed by atoms with Crippen molar-refractivity contribution < 1.29 is 4.79 Å². The lowest BCUT2D eigenvalue weighted by Crippen LogP contribution is -2.40. The summed E-state index contributed by atoms with van der Waals surface area (Å²) in [6.07, 6.45) is 4.45. The Hall–Kier alpha value is -1.03. The van der Waals surface area contributed by atoms with Crippen molar-refractivity contribution in [2.75, 3.05) is 6.54 Å².